The molecular weight excluding hydrogens is 236 g/mol. The highest BCUT2D eigenvalue weighted by Crippen LogP contribution is 2.25. The molecule has 18 heavy (non-hydrogen) atoms. The summed E-state index contributed by atoms with van der Waals surface area (Å²) >= 11 is 0. The van der Waals surface area contributed by atoms with Gasteiger partial charge in [-0.25, -0.2) is 0 Å². The monoisotopic (exact) mass is 252 g/mol. The van der Waals surface area contributed by atoms with Crippen molar-refractivity contribution in [2.45, 2.75) is 19.4 Å². The first-order chi connectivity index (χ1) is 8.41. The molecule has 0 bridgehead atoms. The number of nitrogens with zero attached hydrogens (tertiary/aromatic N) is 1. The maximum Gasteiger partial charge on any atom is 0.292 e. The van der Waals surface area contributed by atoms with Gasteiger partial charge in [0.25, 0.3) is 5.69 Å². The predicted molar refractivity (Wildman–Crippen MR) is 68.4 cm³/mol. The molecule has 1 amide bonds. The van der Waals surface area contributed by atoms with Crippen molar-refractivity contribution in [3.05, 3.63) is 33.9 Å². The molecule has 0 spiro atoms. The van der Waals surface area contributed by atoms with E-state index in [-0.39, 0.29) is 23.0 Å². The molecule has 0 aliphatic heterocycles. The highest BCUT2D eigenvalue weighted by Gasteiger charge is 2.15. The maximum atomic E-state index is 11.0. The van der Waals surface area contributed by atoms with Crippen molar-refractivity contribution in [3.8, 4) is 0 Å². The van der Waals surface area contributed by atoms with Gasteiger partial charge in [-0.05, 0) is 25.5 Å². The first kappa shape index (κ1) is 13.9. The average Bonchev–Trinajstić information content (AvgIpc) is 2.27. The smallest absolute Gasteiger partial charge is 0.292 e. The lowest BCUT2D eigenvalue weighted by Gasteiger charge is -2.09. The lowest BCUT2D eigenvalue weighted by molar-refractivity contribution is -0.384. The van der Waals surface area contributed by atoms with E-state index in [1.54, 1.807) is 0 Å². The fourth-order valence-corrected chi connectivity index (χ4v) is 1.42. The summed E-state index contributed by atoms with van der Waals surface area (Å²) in [5.74, 6) is -0.625. The van der Waals surface area contributed by atoms with Gasteiger partial charge in [-0.15, -0.1) is 0 Å². The van der Waals surface area contributed by atoms with E-state index >= 15 is 0 Å². The number of nitrogens with two attached hydrogens (primary N) is 2. The molecule has 0 fully saturated rings. The number of nitro benzene ring substituents is 1. The molecule has 0 saturated heterocycles. The number of rotatable bonds is 6. The molecule has 1 aromatic rings. The van der Waals surface area contributed by atoms with Crippen molar-refractivity contribution in [1.29, 1.82) is 0 Å². The van der Waals surface area contributed by atoms with Crippen LogP contribution in [0.2, 0.25) is 0 Å². The highest BCUT2D eigenvalue weighted by atomic mass is 16.6. The minimum atomic E-state index is -0.625. The molecule has 0 aliphatic rings. The van der Waals surface area contributed by atoms with Crippen molar-refractivity contribution < 1.29 is 9.72 Å². The number of nitro groups is 1. The average molecular weight is 252 g/mol. The fourth-order valence-electron chi connectivity index (χ4n) is 1.42. The van der Waals surface area contributed by atoms with Crippen LogP contribution >= 0.6 is 0 Å². The zero-order valence-corrected chi connectivity index (χ0v) is 10.1. The Kier molecular flexibility index (Phi) is 4.61. The summed E-state index contributed by atoms with van der Waals surface area (Å²) in [7, 11) is 0. The zero-order chi connectivity index (χ0) is 13.7. The van der Waals surface area contributed by atoms with Gasteiger partial charge in [-0.2, -0.15) is 0 Å². The molecular formula is C11H16N4O3. The molecule has 98 valence electrons. The van der Waals surface area contributed by atoms with Gasteiger partial charge in [0.05, 0.1) is 4.92 Å². The largest absolute Gasteiger partial charge is 0.379 e. The van der Waals surface area contributed by atoms with Gasteiger partial charge >= 0.3 is 0 Å². The fraction of sp³-hybridized carbons (Fsp3) is 0.364. The molecule has 0 saturated carbocycles. The molecule has 0 aromatic heterocycles. The van der Waals surface area contributed by atoms with Crippen molar-refractivity contribution in [1.82, 2.24) is 0 Å². The van der Waals surface area contributed by atoms with Gasteiger partial charge in [0, 0.05) is 24.2 Å². The Balaban J connectivity index is 2.93. The molecule has 0 aliphatic carbocycles. The summed E-state index contributed by atoms with van der Waals surface area (Å²) in [5.41, 5.74) is 11.1. The number of nitrogens with one attached hydrogen (secondary N) is 1. The minimum Gasteiger partial charge on any atom is -0.379 e. The lowest BCUT2D eigenvalue weighted by Crippen LogP contribution is -2.19. The van der Waals surface area contributed by atoms with E-state index in [2.05, 4.69) is 5.32 Å². The Bertz CT molecular complexity index is 460. The van der Waals surface area contributed by atoms with Crippen LogP contribution in [0.25, 0.3) is 0 Å². The SMILES string of the molecule is CC(N)CCNc1cc(C(N)=O)ccc1[N+](=O)[O-]. The van der Waals surface area contributed by atoms with Crippen LogP contribution < -0.4 is 16.8 Å². The molecule has 7 nitrogen and oxygen atoms in total. The molecule has 1 aromatic carbocycles. The summed E-state index contributed by atoms with van der Waals surface area (Å²) in [5, 5.41) is 13.7. The van der Waals surface area contributed by atoms with E-state index in [1.165, 1.54) is 18.2 Å². The number of benzene rings is 1. The first-order valence-electron chi connectivity index (χ1n) is 5.49. The molecule has 7 heteroatoms. The number of carbonyl (C=O) groups is 1. The molecule has 0 radical (unpaired) electrons. The Morgan fingerprint density at radius 2 is 2.22 bits per heavy atom. The number of hydrogen-bond donors (Lipinski definition) is 3. The molecule has 5 N–H and O–H groups in total. The van der Waals surface area contributed by atoms with Gasteiger partial charge in [0.1, 0.15) is 5.69 Å². The van der Waals surface area contributed by atoms with E-state index in [0.717, 1.165) is 0 Å². The summed E-state index contributed by atoms with van der Waals surface area (Å²) in [4.78, 5) is 21.3. The quantitative estimate of drug-likeness (QED) is 0.511. The Morgan fingerprint density at radius 3 is 2.72 bits per heavy atom. The Morgan fingerprint density at radius 1 is 1.56 bits per heavy atom. The van der Waals surface area contributed by atoms with Crippen LogP contribution in [-0.2, 0) is 0 Å². The molecule has 1 atom stereocenters. The standard InChI is InChI=1S/C11H16N4O3/c1-7(12)4-5-14-9-6-8(11(13)16)2-3-10(9)15(17)18/h2-3,6-7,14H,4-5,12H2,1H3,(H2,13,16). The Labute approximate surface area is 104 Å². The van der Waals surface area contributed by atoms with Crippen LogP contribution in [0.15, 0.2) is 18.2 Å². The van der Waals surface area contributed by atoms with Crippen LogP contribution in [0, 0.1) is 10.1 Å². The number of hydrogen-bond acceptors (Lipinski definition) is 5. The van der Waals surface area contributed by atoms with Crippen LogP contribution in [0.3, 0.4) is 0 Å². The lowest BCUT2D eigenvalue weighted by atomic mass is 10.1. The summed E-state index contributed by atoms with van der Waals surface area (Å²) in [6, 6.07) is 3.96. The van der Waals surface area contributed by atoms with E-state index in [0.29, 0.717) is 13.0 Å². The van der Waals surface area contributed by atoms with E-state index in [1.807, 2.05) is 6.92 Å². The summed E-state index contributed by atoms with van der Waals surface area (Å²) in [6.45, 7) is 2.33. The van der Waals surface area contributed by atoms with Gasteiger partial charge in [0.15, 0.2) is 0 Å². The van der Waals surface area contributed by atoms with Crippen molar-refractivity contribution >= 4 is 17.3 Å². The van der Waals surface area contributed by atoms with Gasteiger partial charge in [-0.3, -0.25) is 14.9 Å². The Hall–Kier alpha value is -2.15. The second-order valence-corrected chi connectivity index (χ2v) is 4.05. The number of carbonyl (C=O) groups excluding carboxylic acids is 1. The minimum absolute atomic E-state index is 0.00382. The maximum absolute atomic E-state index is 11.0. The van der Waals surface area contributed by atoms with Crippen molar-refractivity contribution in [2.75, 3.05) is 11.9 Å². The zero-order valence-electron chi connectivity index (χ0n) is 10.1. The normalized spacial score (nSPS) is 11.9. The van der Waals surface area contributed by atoms with Crippen LogP contribution in [0.4, 0.5) is 11.4 Å². The number of primary amides is 1. The van der Waals surface area contributed by atoms with E-state index in [9.17, 15) is 14.9 Å². The third kappa shape index (κ3) is 3.70. The van der Waals surface area contributed by atoms with Crippen LogP contribution in [-0.4, -0.2) is 23.4 Å². The second-order valence-electron chi connectivity index (χ2n) is 4.05. The van der Waals surface area contributed by atoms with E-state index < -0.39 is 10.8 Å². The predicted octanol–water partition coefficient (Wildman–Crippen LogP) is 0.843. The number of amides is 1. The molecule has 1 unspecified atom stereocenters. The summed E-state index contributed by atoms with van der Waals surface area (Å²) < 4.78 is 0. The molecule has 0 heterocycles. The highest BCUT2D eigenvalue weighted by molar-refractivity contribution is 5.94. The first-order valence-corrected chi connectivity index (χ1v) is 5.49. The molecule has 1 rings (SSSR count). The van der Waals surface area contributed by atoms with Gasteiger partial charge in [-0.1, -0.05) is 0 Å². The van der Waals surface area contributed by atoms with Gasteiger partial charge in [0.2, 0.25) is 5.91 Å². The van der Waals surface area contributed by atoms with Crippen LogP contribution in [0.5, 0.6) is 0 Å². The third-order valence-electron chi connectivity index (χ3n) is 2.39. The van der Waals surface area contributed by atoms with Crippen molar-refractivity contribution in [2.24, 2.45) is 11.5 Å². The van der Waals surface area contributed by atoms with Gasteiger partial charge < -0.3 is 16.8 Å². The number of anilines is 1. The third-order valence-corrected chi connectivity index (χ3v) is 2.39. The van der Waals surface area contributed by atoms with E-state index in [4.69, 9.17) is 11.5 Å². The van der Waals surface area contributed by atoms with Crippen molar-refractivity contribution in [3.63, 3.8) is 0 Å². The van der Waals surface area contributed by atoms with Crippen LogP contribution in [0.1, 0.15) is 23.7 Å². The summed E-state index contributed by atoms with van der Waals surface area (Å²) in [6.07, 6.45) is 0.665. The topological polar surface area (TPSA) is 124 Å². The second kappa shape index (κ2) is 5.97.